The topological polar surface area (TPSA) is 96.0 Å². The van der Waals surface area contributed by atoms with E-state index in [4.69, 9.17) is 4.74 Å². The SMILES string of the molecule is CCCNC(=O)C(Cc1ccccc1)N(Cc1ccc(F)cc1)C(=O)CN(c1cccc(OC)c1)S(=O)(=O)c1ccc(C)cc1. The molecule has 1 unspecified atom stereocenters. The molecule has 0 bridgehead atoms. The Balaban J connectivity index is 1.80. The van der Waals surface area contributed by atoms with Crippen LogP contribution in [0.3, 0.4) is 0 Å². The second-order valence-electron chi connectivity index (χ2n) is 10.7. The van der Waals surface area contributed by atoms with Gasteiger partial charge in [-0.05, 0) is 60.9 Å². The van der Waals surface area contributed by atoms with Crippen LogP contribution in [0.2, 0.25) is 0 Å². The smallest absolute Gasteiger partial charge is 0.264 e. The van der Waals surface area contributed by atoms with E-state index in [-0.39, 0.29) is 29.5 Å². The molecule has 4 aromatic carbocycles. The number of ether oxygens (including phenoxy) is 1. The number of hydrogen-bond acceptors (Lipinski definition) is 5. The molecule has 0 radical (unpaired) electrons. The highest BCUT2D eigenvalue weighted by molar-refractivity contribution is 7.92. The van der Waals surface area contributed by atoms with Gasteiger partial charge in [0.05, 0.1) is 17.7 Å². The van der Waals surface area contributed by atoms with E-state index in [1.165, 1.54) is 36.3 Å². The number of hydrogen-bond donors (Lipinski definition) is 1. The van der Waals surface area contributed by atoms with Crippen molar-refractivity contribution >= 4 is 27.5 Å². The highest BCUT2D eigenvalue weighted by atomic mass is 32.2. The number of carbonyl (C=O) groups excluding carboxylic acids is 2. The molecule has 0 saturated heterocycles. The summed E-state index contributed by atoms with van der Waals surface area (Å²) in [5.74, 6) is -1.00. The van der Waals surface area contributed by atoms with Crippen molar-refractivity contribution in [2.45, 2.75) is 44.2 Å². The molecule has 0 fully saturated rings. The molecule has 1 atom stereocenters. The second-order valence-corrected chi connectivity index (χ2v) is 12.5. The Morgan fingerprint density at radius 1 is 0.889 bits per heavy atom. The van der Waals surface area contributed by atoms with Gasteiger partial charge in [0.1, 0.15) is 24.2 Å². The summed E-state index contributed by atoms with van der Waals surface area (Å²) in [4.78, 5) is 29.5. The Kier molecular flexibility index (Phi) is 11.3. The molecule has 0 aliphatic carbocycles. The number of nitrogens with zero attached hydrogens (tertiary/aromatic N) is 2. The molecule has 0 saturated carbocycles. The van der Waals surface area contributed by atoms with E-state index in [0.29, 0.717) is 24.3 Å². The average molecular weight is 632 g/mol. The minimum Gasteiger partial charge on any atom is -0.497 e. The fourth-order valence-electron chi connectivity index (χ4n) is 4.84. The first-order valence-corrected chi connectivity index (χ1v) is 16.2. The van der Waals surface area contributed by atoms with Crippen LogP contribution in [-0.2, 0) is 32.6 Å². The number of aryl methyl sites for hydroxylation is 1. The van der Waals surface area contributed by atoms with E-state index in [0.717, 1.165) is 15.4 Å². The lowest BCUT2D eigenvalue weighted by Gasteiger charge is -2.34. The molecular weight excluding hydrogens is 593 g/mol. The summed E-state index contributed by atoms with van der Waals surface area (Å²) in [6.07, 6.45) is 0.876. The Morgan fingerprint density at radius 2 is 1.58 bits per heavy atom. The lowest BCUT2D eigenvalue weighted by atomic mass is 10.0. The summed E-state index contributed by atoms with van der Waals surface area (Å²) in [5, 5.41) is 2.90. The average Bonchev–Trinajstić information content (AvgIpc) is 3.05. The molecule has 0 heterocycles. The third-order valence-corrected chi connectivity index (χ3v) is 9.10. The minimum absolute atomic E-state index is 0.00956. The summed E-state index contributed by atoms with van der Waals surface area (Å²) in [6.45, 7) is 3.53. The van der Waals surface area contributed by atoms with Crippen molar-refractivity contribution in [1.29, 1.82) is 0 Å². The van der Waals surface area contributed by atoms with Crippen molar-refractivity contribution in [3.63, 3.8) is 0 Å². The predicted molar refractivity (Wildman–Crippen MR) is 173 cm³/mol. The van der Waals surface area contributed by atoms with Crippen LogP contribution in [0.1, 0.15) is 30.0 Å². The van der Waals surface area contributed by atoms with Gasteiger partial charge in [0.15, 0.2) is 0 Å². The molecule has 236 valence electrons. The Hall–Kier alpha value is -4.70. The molecule has 4 aromatic rings. The molecule has 0 spiro atoms. The molecular formula is C35H38FN3O5S. The zero-order chi connectivity index (χ0) is 32.4. The van der Waals surface area contributed by atoms with Crippen molar-refractivity contribution < 1.29 is 27.1 Å². The minimum atomic E-state index is -4.24. The Morgan fingerprint density at radius 3 is 2.22 bits per heavy atom. The number of methoxy groups -OCH3 is 1. The molecule has 0 aliphatic rings. The summed E-state index contributed by atoms with van der Waals surface area (Å²) in [5.41, 5.74) is 2.51. The zero-order valence-electron chi connectivity index (χ0n) is 25.6. The van der Waals surface area contributed by atoms with E-state index < -0.39 is 34.3 Å². The maximum absolute atomic E-state index is 14.4. The van der Waals surface area contributed by atoms with Crippen LogP contribution in [0.15, 0.2) is 108 Å². The highest BCUT2D eigenvalue weighted by Crippen LogP contribution is 2.28. The monoisotopic (exact) mass is 631 g/mol. The first-order chi connectivity index (χ1) is 21.6. The number of rotatable bonds is 14. The van der Waals surface area contributed by atoms with E-state index >= 15 is 0 Å². The molecule has 10 heteroatoms. The van der Waals surface area contributed by atoms with Gasteiger partial charge in [0.25, 0.3) is 10.0 Å². The normalized spacial score (nSPS) is 11.8. The number of halogens is 1. The summed E-state index contributed by atoms with van der Waals surface area (Å²) >= 11 is 0. The second kappa shape index (κ2) is 15.3. The Labute approximate surface area is 264 Å². The van der Waals surface area contributed by atoms with Gasteiger partial charge >= 0.3 is 0 Å². The summed E-state index contributed by atoms with van der Waals surface area (Å²) in [7, 11) is -2.77. The molecule has 45 heavy (non-hydrogen) atoms. The van der Waals surface area contributed by atoms with Crippen molar-refractivity contribution in [3.05, 3.63) is 126 Å². The number of anilines is 1. The zero-order valence-corrected chi connectivity index (χ0v) is 26.5. The maximum atomic E-state index is 14.4. The number of nitrogens with one attached hydrogen (secondary N) is 1. The van der Waals surface area contributed by atoms with E-state index in [9.17, 15) is 22.4 Å². The number of benzene rings is 4. The third-order valence-electron chi connectivity index (χ3n) is 7.32. The van der Waals surface area contributed by atoms with Crippen LogP contribution >= 0.6 is 0 Å². The molecule has 0 aromatic heterocycles. The van der Waals surface area contributed by atoms with Gasteiger partial charge in [0, 0.05) is 25.6 Å². The fourth-order valence-corrected chi connectivity index (χ4v) is 6.24. The van der Waals surface area contributed by atoms with Gasteiger partial charge in [-0.3, -0.25) is 13.9 Å². The fraction of sp³-hybridized carbons (Fsp3) is 0.257. The van der Waals surface area contributed by atoms with Gasteiger partial charge in [-0.25, -0.2) is 12.8 Å². The molecule has 1 N–H and O–H groups in total. The van der Waals surface area contributed by atoms with Crippen molar-refractivity contribution in [1.82, 2.24) is 10.2 Å². The highest BCUT2D eigenvalue weighted by Gasteiger charge is 2.34. The van der Waals surface area contributed by atoms with E-state index in [1.54, 1.807) is 48.5 Å². The third kappa shape index (κ3) is 8.69. The lowest BCUT2D eigenvalue weighted by Crippen LogP contribution is -2.53. The first-order valence-electron chi connectivity index (χ1n) is 14.7. The molecule has 2 amide bonds. The van der Waals surface area contributed by atoms with Crippen molar-refractivity contribution in [2.75, 3.05) is 24.5 Å². The van der Waals surface area contributed by atoms with E-state index in [1.807, 2.05) is 44.2 Å². The lowest BCUT2D eigenvalue weighted by molar-refractivity contribution is -0.140. The van der Waals surface area contributed by atoms with Crippen molar-refractivity contribution in [3.8, 4) is 5.75 Å². The van der Waals surface area contributed by atoms with Crippen molar-refractivity contribution in [2.24, 2.45) is 0 Å². The van der Waals surface area contributed by atoms with Crippen LogP contribution in [0.25, 0.3) is 0 Å². The number of sulfonamides is 1. The first kappa shape index (κ1) is 33.2. The predicted octanol–water partition coefficient (Wildman–Crippen LogP) is 5.50. The van der Waals surface area contributed by atoms with Gasteiger partial charge in [-0.15, -0.1) is 0 Å². The standard InChI is InChI=1S/C35H38FN3O5S/c1-4-21-37-35(41)33(22-27-9-6-5-7-10-27)38(24-28-15-17-29(36)18-16-28)34(40)25-39(30-11-8-12-31(23-30)44-3)45(42,43)32-19-13-26(2)14-20-32/h5-20,23,33H,4,21-22,24-25H2,1-3H3,(H,37,41). The summed E-state index contributed by atoms with van der Waals surface area (Å²) < 4.78 is 48.4. The van der Waals surface area contributed by atoms with Crippen LogP contribution in [0.4, 0.5) is 10.1 Å². The van der Waals surface area contributed by atoms with Gasteiger partial charge in [-0.1, -0.05) is 73.2 Å². The number of carbonyl (C=O) groups is 2. The molecule has 8 nitrogen and oxygen atoms in total. The van der Waals surface area contributed by atoms with Gasteiger partial charge in [-0.2, -0.15) is 0 Å². The van der Waals surface area contributed by atoms with Gasteiger partial charge < -0.3 is 15.0 Å². The Bertz CT molecular complexity index is 1680. The number of amides is 2. The quantitative estimate of drug-likeness (QED) is 0.198. The van der Waals surface area contributed by atoms with Crippen LogP contribution in [-0.4, -0.2) is 51.4 Å². The largest absolute Gasteiger partial charge is 0.497 e. The van der Waals surface area contributed by atoms with Crippen LogP contribution in [0.5, 0.6) is 5.75 Å². The maximum Gasteiger partial charge on any atom is 0.264 e. The molecule has 4 rings (SSSR count). The van der Waals surface area contributed by atoms with Crippen LogP contribution in [0, 0.1) is 12.7 Å². The summed E-state index contributed by atoms with van der Waals surface area (Å²) in [6, 6.07) is 26.8. The van der Waals surface area contributed by atoms with Crippen LogP contribution < -0.4 is 14.4 Å². The molecule has 0 aliphatic heterocycles. The van der Waals surface area contributed by atoms with Gasteiger partial charge in [0.2, 0.25) is 11.8 Å². The van der Waals surface area contributed by atoms with E-state index in [2.05, 4.69) is 5.32 Å².